The molecule has 1 amide bonds. The summed E-state index contributed by atoms with van der Waals surface area (Å²) < 4.78 is 25.2. The average Bonchev–Trinajstić information content (AvgIpc) is 2.74. The van der Waals surface area contributed by atoms with E-state index in [4.69, 9.17) is 21.1 Å². The zero-order valence-corrected chi connectivity index (χ0v) is 18.2. The van der Waals surface area contributed by atoms with E-state index in [9.17, 15) is 9.18 Å². The summed E-state index contributed by atoms with van der Waals surface area (Å²) in [6.45, 7) is 3.16. The number of nitrogens with zero attached hydrogens (tertiary/aromatic N) is 2. The highest BCUT2D eigenvalue weighted by Crippen LogP contribution is 2.32. The number of rotatable bonds is 3. The smallest absolute Gasteiger partial charge is 0.255 e. The van der Waals surface area contributed by atoms with E-state index in [-0.39, 0.29) is 23.9 Å². The highest BCUT2D eigenvalue weighted by Gasteiger charge is 2.36. The standard InChI is InChI=1S/C21H21BrClFN2O3/c1-28-18-4-2-3-15(20(18)23)21(27)26-8-7-25-11-19(29-12-14(25)10-26)13-5-6-17(24)16(22)9-13/h2-6,9,14,19H,7-8,10-12H2,1H3/t14-,19?/m0/s1. The van der Waals surface area contributed by atoms with Gasteiger partial charge in [-0.25, -0.2) is 4.39 Å². The first kappa shape index (κ1) is 20.6. The fraction of sp³-hybridized carbons (Fsp3) is 0.381. The van der Waals surface area contributed by atoms with Crippen LogP contribution in [0.25, 0.3) is 0 Å². The molecular formula is C21H21BrClFN2O3. The minimum absolute atomic E-state index is 0.0989. The summed E-state index contributed by atoms with van der Waals surface area (Å²) in [6.07, 6.45) is -0.113. The lowest BCUT2D eigenvalue weighted by Gasteiger charge is -2.46. The number of benzene rings is 2. The molecule has 2 saturated heterocycles. The third-order valence-corrected chi connectivity index (χ3v) is 6.51. The molecule has 0 aliphatic carbocycles. The Kier molecular flexibility index (Phi) is 6.11. The highest BCUT2D eigenvalue weighted by atomic mass is 79.9. The van der Waals surface area contributed by atoms with Crippen molar-refractivity contribution in [3.63, 3.8) is 0 Å². The quantitative estimate of drug-likeness (QED) is 0.658. The van der Waals surface area contributed by atoms with E-state index in [1.54, 1.807) is 30.3 Å². The van der Waals surface area contributed by atoms with Gasteiger partial charge < -0.3 is 14.4 Å². The molecule has 0 aromatic heterocycles. The first-order chi connectivity index (χ1) is 14.0. The summed E-state index contributed by atoms with van der Waals surface area (Å²) in [4.78, 5) is 17.2. The Balaban J connectivity index is 1.43. The number of carbonyl (C=O) groups is 1. The van der Waals surface area contributed by atoms with Gasteiger partial charge in [0.2, 0.25) is 0 Å². The molecule has 154 valence electrons. The van der Waals surface area contributed by atoms with Crippen molar-refractivity contribution < 1.29 is 18.7 Å². The van der Waals surface area contributed by atoms with Crippen molar-refractivity contribution in [2.24, 2.45) is 0 Å². The fourth-order valence-electron chi connectivity index (χ4n) is 3.89. The summed E-state index contributed by atoms with van der Waals surface area (Å²) in [5.41, 5.74) is 1.39. The second-order valence-corrected chi connectivity index (χ2v) is 8.45. The first-order valence-corrected chi connectivity index (χ1v) is 10.6. The highest BCUT2D eigenvalue weighted by molar-refractivity contribution is 9.10. The molecule has 2 aliphatic rings. The number of halogens is 3. The van der Waals surface area contributed by atoms with Crippen LogP contribution in [0.2, 0.25) is 5.02 Å². The Hall–Kier alpha value is -1.67. The monoisotopic (exact) mass is 482 g/mol. The molecule has 2 aromatic rings. The summed E-state index contributed by atoms with van der Waals surface area (Å²) in [7, 11) is 1.53. The Morgan fingerprint density at radius 2 is 2.10 bits per heavy atom. The Labute approximate surface area is 182 Å². The molecule has 4 rings (SSSR count). The van der Waals surface area contributed by atoms with Crippen molar-refractivity contribution in [1.82, 2.24) is 9.80 Å². The molecule has 0 bridgehead atoms. The topological polar surface area (TPSA) is 42.0 Å². The second kappa shape index (κ2) is 8.60. The van der Waals surface area contributed by atoms with Crippen molar-refractivity contribution in [3.8, 4) is 5.75 Å². The van der Waals surface area contributed by atoms with Gasteiger partial charge in [0.1, 0.15) is 11.6 Å². The number of amides is 1. The van der Waals surface area contributed by atoms with E-state index in [0.29, 0.717) is 47.0 Å². The van der Waals surface area contributed by atoms with Gasteiger partial charge in [-0.1, -0.05) is 23.7 Å². The van der Waals surface area contributed by atoms with Gasteiger partial charge in [-0.2, -0.15) is 0 Å². The Morgan fingerprint density at radius 1 is 1.28 bits per heavy atom. The summed E-state index contributed by atoms with van der Waals surface area (Å²) >= 11 is 9.57. The molecule has 0 radical (unpaired) electrons. The zero-order valence-electron chi connectivity index (χ0n) is 15.9. The maximum Gasteiger partial charge on any atom is 0.255 e. The maximum absolute atomic E-state index is 13.5. The van der Waals surface area contributed by atoms with Crippen LogP contribution in [-0.2, 0) is 4.74 Å². The van der Waals surface area contributed by atoms with Crippen molar-refractivity contribution in [1.29, 1.82) is 0 Å². The van der Waals surface area contributed by atoms with Crippen LogP contribution in [0.3, 0.4) is 0 Å². The Bertz CT molecular complexity index is 929. The van der Waals surface area contributed by atoms with Crippen LogP contribution < -0.4 is 4.74 Å². The van der Waals surface area contributed by atoms with Crippen LogP contribution in [-0.4, -0.2) is 61.6 Å². The molecule has 29 heavy (non-hydrogen) atoms. The Morgan fingerprint density at radius 3 is 2.86 bits per heavy atom. The molecule has 0 spiro atoms. The lowest BCUT2D eigenvalue weighted by atomic mass is 10.0. The van der Waals surface area contributed by atoms with Gasteiger partial charge in [0.25, 0.3) is 5.91 Å². The normalized spacial score (nSPS) is 22.3. The van der Waals surface area contributed by atoms with Gasteiger partial charge in [-0.05, 0) is 45.8 Å². The number of hydrogen-bond acceptors (Lipinski definition) is 4. The maximum atomic E-state index is 13.5. The van der Waals surface area contributed by atoms with Gasteiger partial charge in [0.05, 0.1) is 40.9 Å². The minimum Gasteiger partial charge on any atom is -0.495 e. The number of methoxy groups -OCH3 is 1. The van der Waals surface area contributed by atoms with Gasteiger partial charge in [0.15, 0.2) is 0 Å². The van der Waals surface area contributed by atoms with Crippen molar-refractivity contribution in [3.05, 3.63) is 62.8 Å². The predicted molar refractivity (Wildman–Crippen MR) is 112 cm³/mol. The SMILES string of the molecule is COc1cccc(C(=O)N2CCN3CC(c4ccc(F)c(Br)c4)OC[C@@H]3C2)c1Cl. The number of carbonyl (C=O) groups excluding carboxylic acids is 1. The average molecular weight is 484 g/mol. The lowest BCUT2D eigenvalue weighted by Crippen LogP contribution is -2.59. The van der Waals surface area contributed by atoms with Gasteiger partial charge >= 0.3 is 0 Å². The molecule has 8 heteroatoms. The number of morpholine rings is 1. The largest absolute Gasteiger partial charge is 0.495 e. The van der Waals surface area contributed by atoms with E-state index < -0.39 is 0 Å². The number of fused-ring (bicyclic) bond motifs is 1. The molecule has 0 N–H and O–H groups in total. The van der Waals surface area contributed by atoms with Gasteiger partial charge in [-0.3, -0.25) is 9.69 Å². The van der Waals surface area contributed by atoms with E-state index in [0.717, 1.165) is 12.1 Å². The van der Waals surface area contributed by atoms with Crippen LogP contribution in [0, 0.1) is 5.82 Å². The van der Waals surface area contributed by atoms with Crippen LogP contribution in [0.4, 0.5) is 4.39 Å². The van der Waals surface area contributed by atoms with Crippen molar-refractivity contribution in [2.75, 3.05) is 39.9 Å². The summed E-state index contributed by atoms with van der Waals surface area (Å²) in [5, 5.41) is 0.337. The van der Waals surface area contributed by atoms with Crippen LogP contribution >= 0.6 is 27.5 Å². The second-order valence-electron chi connectivity index (χ2n) is 7.22. The molecule has 2 aliphatic heterocycles. The third kappa shape index (κ3) is 4.14. The fourth-order valence-corrected chi connectivity index (χ4v) is 4.57. The number of hydrogen-bond donors (Lipinski definition) is 0. The van der Waals surface area contributed by atoms with Crippen molar-refractivity contribution in [2.45, 2.75) is 12.1 Å². The van der Waals surface area contributed by atoms with Crippen LogP contribution in [0.5, 0.6) is 5.75 Å². The molecule has 1 unspecified atom stereocenters. The van der Waals surface area contributed by atoms with E-state index in [2.05, 4.69) is 20.8 Å². The lowest BCUT2D eigenvalue weighted by molar-refractivity contribution is -0.0858. The van der Waals surface area contributed by atoms with Crippen LogP contribution in [0.1, 0.15) is 22.0 Å². The minimum atomic E-state index is -0.286. The third-order valence-electron chi connectivity index (χ3n) is 5.51. The summed E-state index contributed by atoms with van der Waals surface area (Å²) in [6, 6.07) is 10.3. The van der Waals surface area contributed by atoms with E-state index in [1.165, 1.54) is 13.2 Å². The molecule has 2 fully saturated rings. The predicted octanol–water partition coefficient (Wildman–Crippen LogP) is 4.15. The van der Waals surface area contributed by atoms with Crippen molar-refractivity contribution >= 4 is 33.4 Å². The van der Waals surface area contributed by atoms with Gasteiger partial charge in [-0.15, -0.1) is 0 Å². The number of piperazine rings is 1. The van der Waals surface area contributed by atoms with Gasteiger partial charge in [0, 0.05) is 26.2 Å². The number of ether oxygens (including phenoxy) is 2. The van der Waals surface area contributed by atoms with Crippen LogP contribution in [0.15, 0.2) is 40.9 Å². The van der Waals surface area contributed by atoms with E-state index >= 15 is 0 Å². The molecule has 2 aromatic carbocycles. The molecule has 5 nitrogen and oxygen atoms in total. The molecular weight excluding hydrogens is 463 g/mol. The molecule has 0 saturated carbocycles. The molecule has 2 atom stereocenters. The van der Waals surface area contributed by atoms with E-state index in [1.807, 2.05) is 4.90 Å². The first-order valence-electron chi connectivity index (χ1n) is 9.40. The summed E-state index contributed by atoms with van der Waals surface area (Å²) in [5.74, 6) is 0.106. The molecule has 2 heterocycles. The zero-order chi connectivity index (χ0) is 20.5.